The van der Waals surface area contributed by atoms with E-state index in [0.29, 0.717) is 55.5 Å². The Kier molecular flexibility index (Phi) is 7.07. The fourth-order valence-electron chi connectivity index (χ4n) is 3.56. The van der Waals surface area contributed by atoms with Crippen LogP contribution >= 0.6 is 22.9 Å². The third kappa shape index (κ3) is 4.92. The molecule has 2 aromatic heterocycles. The minimum absolute atomic E-state index is 0.0302. The molecule has 1 aliphatic rings. The number of halogens is 1. The van der Waals surface area contributed by atoms with Crippen molar-refractivity contribution in [1.82, 2.24) is 20.2 Å². The van der Waals surface area contributed by atoms with E-state index in [1.54, 1.807) is 9.69 Å². The molecule has 0 bridgehead atoms. The first-order valence-electron chi connectivity index (χ1n) is 10.4. The molecule has 4 rings (SSSR count). The first-order valence-corrected chi connectivity index (χ1v) is 11.6. The Morgan fingerprint density at radius 3 is 2.76 bits per heavy atom. The Labute approximate surface area is 200 Å². The van der Waals surface area contributed by atoms with Gasteiger partial charge in [0.25, 0.3) is 5.91 Å². The van der Waals surface area contributed by atoms with E-state index in [-0.39, 0.29) is 11.3 Å². The van der Waals surface area contributed by atoms with E-state index in [1.165, 1.54) is 11.3 Å². The number of carbonyl (C=O) groups is 1. The highest BCUT2D eigenvalue weighted by Gasteiger charge is 2.28. The van der Waals surface area contributed by atoms with Gasteiger partial charge in [-0.15, -0.1) is 11.3 Å². The Hall–Kier alpha value is -3.21. The number of aromatic nitrogens is 2. The number of nitriles is 2. The van der Waals surface area contributed by atoms with E-state index in [2.05, 4.69) is 22.7 Å². The van der Waals surface area contributed by atoms with Gasteiger partial charge in [0.2, 0.25) is 0 Å². The Morgan fingerprint density at radius 1 is 1.27 bits per heavy atom. The predicted octanol–water partition coefficient (Wildman–Crippen LogP) is 3.87. The van der Waals surface area contributed by atoms with Crippen LogP contribution in [0.4, 0.5) is 0 Å². The average Bonchev–Trinajstić information content (AvgIpc) is 3.42. The number of hydrazine groups is 1. The van der Waals surface area contributed by atoms with Crippen molar-refractivity contribution in [3.05, 3.63) is 57.1 Å². The lowest BCUT2D eigenvalue weighted by Crippen LogP contribution is -2.48. The van der Waals surface area contributed by atoms with Crippen molar-refractivity contribution in [3.8, 4) is 28.4 Å². The summed E-state index contributed by atoms with van der Waals surface area (Å²) in [5.41, 5.74) is 5.10. The molecule has 1 fully saturated rings. The highest BCUT2D eigenvalue weighted by molar-refractivity contribution is 7.15. The molecule has 0 atom stereocenters. The first kappa shape index (κ1) is 23.0. The average molecular weight is 481 g/mol. The van der Waals surface area contributed by atoms with Crippen LogP contribution in [0.1, 0.15) is 32.9 Å². The van der Waals surface area contributed by atoms with E-state index in [9.17, 15) is 10.1 Å². The standard InChI is InChI=1S/C23H21ClN6O2S/c1-15-4-6-19(18(24)13-15)30-22(20-7-5-16(33-20)3-2-8-25)17(14-26)21(27-30)23(31)28-29-9-11-32-12-10-29/h4-7,13H,2-3,9-12H2,1H3,(H,28,31). The smallest absolute Gasteiger partial charge is 0.287 e. The zero-order chi connectivity index (χ0) is 23.4. The molecular weight excluding hydrogens is 460 g/mol. The third-order valence-corrected chi connectivity index (χ3v) is 6.65. The van der Waals surface area contributed by atoms with Crippen molar-refractivity contribution in [2.45, 2.75) is 19.8 Å². The number of aryl methyl sites for hydroxylation is 2. The maximum absolute atomic E-state index is 13.1. The molecule has 0 radical (unpaired) electrons. The first-order chi connectivity index (χ1) is 16.0. The van der Waals surface area contributed by atoms with E-state index < -0.39 is 5.91 Å². The Bertz CT molecular complexity index is 1260. The summed E-state index contributed by atoms with van der Waals surface area (Å²) in [7, 11) is 0. The molecule has 1 amide bonds. The number of nitrogens with zero attached hydrogens (tertiary/aromatic N) is 5. The van der Waals surface area contributed by atoms with Gasteiger partial charge in [0.15, 0.2) is 5.69 Å². The van der Waals surface area contributed by atoms with Crippen molar-refractivity contribution >= 4 is 28.8 Å². The van der Waals surface area contributed by atoms with Gasteiger partial charge in [-0.25, -0.2) is 9.69 Å². The lowest BCUT2D eigenvalue weighted by Gasteiger charge is -2.26. The summed E-state index contributed by atoms with van der Waals surface area (Å²) in [5, 5.41) is 25.7. The van der Waals surface area contributed by atoms with Crippen LogP contribution < -0.4 is 5.43 Å². The van der Waals surface area contributed by atoms with Crippen molar-refractivity contribution < 1.29 is 9.53 Å². The second-order valence-electron chi connectivity index (χ2n) is 7.52. The second-order valence-corrected chi connectivity index (χ2v) is 9.09. The van der Waals surface area contributed by atoms with Crippen LogP contribution in [0.5, 0.6) is 0 Å². The van der Waals surface area contributed by atoms with Gasteiger partial charge in [-0.2, -0.15) is 15.6 Å². The fraction of sp³-hybridized carbons (Fsp3) is 0.304. The fourth-order valence-corrected chi connectivity index (χ4v) is 4.92. The molecule has 0 aliphatic carbocycles. The minimum Gasteiger partial charge on any atom is -0.379 e. The number of amides is 1. The number of nitrogens with one attached hydrogen (secondary N) is 1. The molecule has 1 aliphatic heterocycles. The molecule has 0 spiro atoms. The van der Waals surface area contributed by atoms with Gasteiger partial charge >= 0.3 is 0 Å². The van der Waals surface area contributed by atoms with E-state index >= 15 is 0 Å². The lowest BCUT2D eigenvalue weighted by molar-refractivity contribution is 0.0124. The normalized spacial score (nSPS) is 13.9. The van der Waals surface area contributed by atoms with Crippen molar-refractivity contribution in [3.63, 3.8) is 0 Å². The summed E-state index contributed by atoms with van der Waals surface area (Å²) < 4.78 is 6.89. The molecule has 3 heterocycles. The van der Waals surface area contributed by atoms with Crippen LogP contribution in [-0.2, 0) is 11.2 Å². The van der Waals surface area contributed by atoms with Gasteiger partial charge in [0.05, 0.1) is 34.9 Å². The predicted molar refractivity (Wildman–Crippen MR) is 125 cm³/mol. The zero-order valence-corrected chi connectivity index (χ0v) is 19.5. The quantitative estimate of drug-likeness (QED) is 0.574. The Morgan fingerprint density at radius 2 is 2.06 bits per heavy atom. The summed E-state index contributed by atoms with van der Waals surface area (Å²) in [6.07, 6.45) is 1.02. The molecule has 0 unspecified atom stereocenters. The third-order valence-electron chi connectivity index (χ3n) is 5.19. The largest absolute Gasteiger partial charge is 0.379 e. The van der Waals surface area contributed by atoms with Gasteiger partial charge in [-0.05, 0) is 43.2 Å². The van der Waals surface area contributed by atoms with Gasteiger partial charge in [0.1, 0.15) is 17.3 Å². The van der Waals surface area contributed by atoms with E-state index in [1.807, 2.05) is 37.3 Å². The van der Waals surface area contributed by atoms with Crippen LogP contribution in [0.25, 0.3) is 16.3 Å². The summed E-state index contributed by atoms with van der Waals surface area (Å²) in [5.74, 6) is -0.460. The van der Waals surface area contributed by atoms with E-state index in [0.717, 1.165) is 15.3 Å². The molecule has 1 aromatic carbocycles. The van der Waals surface area contributed by atoms with Crippen LogP contribution in [0.3, 0.4) is 0 Å². The molecule has 33 heavy (non-hydrogen) atoms. The van der Waals surface area contributed by atoms with Crippen molar-refractivity contribution in [2.24, 2.45) is 0 Å². The van der Waals surface area contributed by atoms with Crippen molar-refractivity contribution in [2.75, 3.05) is 26.3 Å². The number of hydrogen-bond acceptors (Lipinski definition) is 7. The molecule has 1 N–H and O–H groups in total. The molecule has 10 heteroatoms. The van der Waals surface area contributed by atoms with Crippen LogP contribution in [0, 0.1) is 29.6 Å². The monoisotopic (exact) mass is 480 g/mol. The highest BCUT2D eigenvalue weighted by Crippen LogP contribution is 2.36. The molecule has 3 aromatic rings. The molecular formula is C23H21ClN6O2S. The van der Waals surface area contributed by atoms with Crippen LogP contribution in [0.15, 0.2) is 30.3 Å². The Balaban J connectivity index is 1.82. The molecule has 1 saturated heterocycles. The maximum Gasteiger partial charge on any atom is 0.287 e. The summed E-state index contributed by atoms with van der Waals surface area (Å²) >= 11 is 8.01. The number of thiophene rings is 1. The van der Waals surface area contributed by atoms with Gasteiger partial charge < -0.3 is 4.74 Å². The number of benzene rings is 1. The summed E-state index contributed by atoms with van der Waals surface area (Å²) in [6, 6.07) is 13.7. The number of ether oxygens (including phenoxy) is 1. The number of hydrogen-bond donors (Lipinski definition) is 1. The number of rotatable bonds is 6. The van der Waals surface area contributed by atoms with Crippen molar-refractivity contribution in [1.29, 1.82) is 10.5 Å². The summed E-state index contributed by atoms with van der Waals surface area (Å²) in [4.78, 5) is 14.9. The van der Waals surface area contributed by atoms with Gasteiger partial charge in [-0.1, -0.05) is 17.7 Å². The van der Waals surface area contributed by atoms with E-state index in [4.69, 9.17) is 21.6 Å². The second kappa shape index (κ2) is 10.2. The lowest BCUT2D eigenvalue weighted by atomic mass is 10.1. The van der Waals surface area contributed by atoms with Crippen LogP contribution in [0.2, 0.25) is 5.02 Å². The van der Waals surface area contributed by atoms with Gasteiger partial charge in [0, 0.05) is 24.4 Å². The minimum atomic E-state index is -0.460. The van der Waals surface area contributed by atoms with Gasteiger partial charge in [-0.3, -0.25) is 10.2 Å². The number of carbonyl (C=O) groups excluding carboxylic acids is 1. The van der Waals surface area contributed by atoms with Crippen LogP contribution in [-0.4, -0.2) is 47.0 Å². The maximum atomic E-state index is 13.1. The molecule has 168 valence electrons. The molecule has 8 nitrogen and oxygen atoms in total. The number of morpholine rings is 1. The SMILES string of the molecule is Cc1ccc(-n2nc(C(=O)NN3CCOCC3)c(C#N)c2-c2ccc(CCC#N)s2)c(Cl)c1. The molecule has 0 saturated carbocycles. The topological polar surface area (TPSA) is 107 Å². The highest BCUT2D eigenvalue weighted by atomic mass is 35.5. The summed E-state index contributed by atoms with van der Waals surface area (Å²) in [6.45, 7) is 4.08. The zero-order valence-electron chi connectivity index (χ0n) is 18.0.